The van der Waals surface area contributed by atoms with Crippen molar-refractivity contribution in [1.29, 1.82) is 0 Å². The van der Waals surface area contributed by atoms with Crippen molar-refractivity contribution >= 4 is 34.5 Å². The van der Waals surface area contributed by atoms with E-state index in [1.165, 1.54) is 0 Å². The van der Waals surface area contributed by atoms with E-state index in [1.807, 2.05) is 43.3 Å². The van der Waals surface area contributed by atoms with Gasteiger partial charge in [-0.3, -0.25) is 4.98 Å². The molecule has 0 amide bonds. The molecule has 0 saturated carbocycles. The van der Waals surface area contributed by atoms with Crippen LogP contribution in [0.3, 0.4) is 0 Å². The number of hydrogen-bond donors (Lipinski definition) is 1. The minimum absolute atomic E-state index is 0.607. The maximum absolute atomic E-state index is 5.81. The Balaban J connectivity index is 2.14. The Morgan fingerprint density at radius 1 is 1.24 bits per heavy atom. The molecule has 4 heteroatoms. The van der Waals surface area contributed by atoms with E-state index in [-0.39, 0.29) is 0 Å². The van der Waals surface area contributed by atoms with E-state index in [0.717, 1.165) is 16.9 Å². The number of aryl methyl sites for hydroxylation is 1. The largest absolute Gasteiger partial charge is 0.345 e. The molecule has 0 aliphatic heterocycles. The number of anilines is 1. The number of nitrogens with one attached hydrogen (secondary N) is 1. The summed E-state index contributed by atoms with van der Waals surface area (Å²) >= 11 is 11.1. The van der Waals surface area contributed by atoms with Crippen LogP contribution in [0.1, 0.15) is 11.3 Å². The fourth-order valence-corrected chi connectivity index (χ4v) is 1.74. The molecule has 0 spiro atoms. The molecule has 1 N–H and O–H groups in total. The molecule has 0 aliphatic rings. The average Bonchev–Trinajstić information content (AvgIpc) is 2.32. The monoisotopic (exact) mass is 262 g/mol. The Hall–Kier alpha value is -1.45. The number of rotatable bonds is 2. The summed E-state index contributed by atoms with van der Waals surface area (Å²) in [6.45, 7) is 2.01. The van der Waals surface area contributed by atoms with E-state index in [0.29, 0.717) is 10.0 Å². The first-order valence-electron chi connectivity index (χ1n) is 5.15. The maximum atomic E-state index is 5.81. The molecular weight excluding hydrogens is 252 g/mol. The first-order chi connectivity index (χ1) is 8.15. The number of pyridine rings is 1. The summed E-state index contributed by atoms with van der Waals surface area (Å²) in [6.07, 6.45) is 1.75. The first kappa shape index (κ1) is 12.0. The zero-order chi connectivity index (χ0) is 12.3. The van der Waals surface area contributed by atoms with Crippen molar-refractivity contribution in [2.75, 3.05) is 5.32 Å². The van der Waals surface area contributed by atoms with Gasteiger partial charge in [0.2, 0.25) is 0 Å². The second-order valence-corrected chi connectivity index (χ2v) is 4.52. The predicted molar refractivity (Wildman–Crippen MR) is 75.7 cm³/mol. The lowest BCUT2D eigenvalue weighted by molar-refractivity contribution is 1.26. The Morgan fingerprint density at radius 2 is 1.94 bits per heavy atom. The number of aromatic nitrogens is 1. The lowest BCUT2D eigenvalue weighted by Crippen LogP contribution is -2.12. The predicted octanol–water partition coefficient (Wildman–Crippen LogP) is 3.83. The first-order valence-corrected chi connectivity index (χ1v) is 5.93. The van der Waals surface area contributed by atoms with Crippen molar-refractivity contribution in [3.05, 3.63) is 58.9 Å². The van der Waals surface area contributed by atoms with Crippen LogP contribution in [0.25, 0.3) is 0 Å². The lowest BCUT2D eigenvalue weighted by atomic mass is 10.2. The highest BCUT2D eigenvalue weighted by atomic mass is 35.5. The third-order valence-corrected chi connectivity index (χ3v) is 2.81. The molecule has 0 bridgehead atoms. The van der Waals surface area contributed by atoms with E-state index in [1.54, 1.807) is 6.20 Å². The van der Waals surface area contributed by atoms with Gasteiger partial charge in [0.25, 0.3) is 0 Å². The van der Waals surface area contributed by atoms with E-state index in [2.05, 4.69) is 10.3 Å². The summed E-state index contributed by atoms with van der Waals surface area (Å²) < 4.78 is 0. The van der Waals surface area contributed by atoms with Crippen LogP contribution in [0.15, 0.2) is 42.6 Å². The summed E-state index contributed by atoms with van der Waals surface area (Å²) in [5.74, 6) is 0. The second-order valence-electron chi connectivity index (χ2n) is 3.68. The quantitative estimate of drug-likeness (QED) is 0.833. The molecule has 0 aliphatic carbocycles. The van der Waals surface area contributed by atoms with Gasteiger partial charge >= 0.3 is 0 Å². The maximum Gasteiger partial charge on any atom is 0.129 e. The van der Waals surface area contributed by atoms with Crippen LogP contribution in [-0.2, 0) is 0 Å². The zero-order valence-corrected chi connectivity index (χ0v) is 10.8. The molecule has 0 saturated heterocycles. The summed E-state index contributed by atoms with van der Waals surface area (Å²) in [4.78, 5) is 4.83. The molecule has 2 aromatic rings. The molecule has 17 heavy (non-hydrogen) atoms. The summed E-state index contributed by atoms with van der Waals surface area (Å²) in [5, 5.41) is 3.83. The van der Waals surface area contributed by atoms with E-state index < -0.39 is 0 Å². The molecule has 1 aromatic heterocycles. The topological polar surface area (TPSA) is 24.9 Å². The van der Waals surface area contributed by atoms with Gasteiger partial charge in [0, 0.05) is 16.9 Å². The van der Waals surface area contributed by atoms with Crippen molar-refractivity contribution in [2.24, 2.45) is 0 Å². The Labute approximate surface area is 111 Å². The van der Waals surface area contributed by atoms with Crippen LogP contribution in [-0.4, -0.2) is 9.97 Å². The second kappa shape index (κ2) is 5.25. The van der Waals surface area contributed by atoms with Gasteiger partial charge in [-0.25, -0.2) is 0 Å². The van der Waals surface area contributed by atoms with Crippen molar-refractivity contribution in [3.8, 4) is 0 Å². The third-order valence-electron chi connectivity index (χ3n) is 2.25. The van der Waals surface area contributed by atoms with Crippen LogP contribution in [0.4, 0.5) is 5.69 Å². The van der Waals surface area contributed by atoms with Gasteiger partial charge < -0.3 is 5.32 Å². The summed E-state index contributed by atoms with van der Waals surface area (Å²) in [6, 6.07) is 11.3. The molecular formula is C13H11ClN2S. The summed E-state index contributed by atoms with van der Waals surface area (Å²) in [5.41, 5.74) is 2.81. The van der Waals surface area contributed by atoms with Gasteiger partial charge in [-0.1, -0.05) is 23.8 Å². The van der Waals surface area contributed by atoms with Gasteiger partial charge in [-0.2, -0.15) is 0 Å². The lowest BCUT2D eigenvalue weighted by Gasteiger charge is -2.07. The zero-order valence-electron chi connectivity index (χ0n) is 9.27. The van der Waals surface area contributed by atoms with Gasteiger partial charge in [0.1, 0.15) is 4.99 Å². The minimum atomic E-state index is 0.607. The molecule has 1 aromatic carbocycles. The Bertz CT molecular complexity index is 537. The van der Waals surface area contributed by atoms with Crippen LogP contribution in [0.2, 0.25) is 5.02 Å². The van der Waals surface area contributed by atoms with Gasteiger partial charge in [-0.15, -0.1) is 0 Å². The van der Waals surface area contributed by atoms with E-state index in [9.17, 15) is 0 Å². The number of halogens is 1. The highest BCUT2D eigenvalue weighted by Gasteiger charge is 2.03. The summed E-state index contributed by atoms with van der Waals surface area (Å²) in [7, 11) is 0. The van der Waals surface area contributed by atoms with E-state index >= 15 is 0 Å². The Kier molecular flexibility index (Phi) is 3.71. The number of thiocarbonyl (C=S) groups is 1. The van der Waals surface area contributed by atoms with Crippen molar-refractivity contribution in [1.82, 2.24) is 4.98 Å². The smallest absolute Gasteiger partial charge is 0.129 e. The van der Waals surface area contributed by atoms with Crippen LogP contribution >= 0.6 is 23.8 Å². The molecule has 1 heterocycles. The Morgan fingerprint density at radius 3 is 2.59 bits per heavy atom. The molecule has 2 rings (SSSR count). The fraction of sp³-hybridized carbons (Fsp3) is 0.0769. The van der Waals surface area contributed by atoms with Crippen molar-refractivity contribution in [2.45, 2.75) is 6.92 Å². The molecule has 2 nitrogen and oxygen atoms in total. The van der Waals surface area contributed by atoms with Crippen LogP contribution in [0, 0.1) is 6.92 Å². The molecule has 0 radical (unpaired) electrons. The van der Waals surface area contributed by atoms with Crippen molar-refractivity contribution < 1.29 is 0 Å². The number of benzene rings is 1. The van der Waals surface area contributed by atoms with Crippen LogP contribution < -0.4 is 5.32 Å². The third kappa shape index (κ3) is 3.25. The molecule has 0 unspecified atom stereocenters. The highest BCUT2D eigenvalue weighted by molar-refractivity contribution is 7.81. The number of hydrogen-bond acceptors (Lipinski definition) is 2. The van der Waals surface area contributed by atoms with Crippen molar-refractivity contribution in [3.63, 3.8) is 0 Å². The highest BCUT2D eigenvalue weighted by Crippen LogP contribution is 2.14. The van der Waals surface area contributed by atoms with Crippen LogP contribution in [0.5, 0.6) is 0 Å². The number of nitrogens with zero attached hydrogens (tertiary/aromatic N) is 1. The molecule has 0 atom stereocenters. The minimum Gasteiger partial charge on any atom is -0.345 e. The van der Waals surface area contributed by atoms with Gasteiger partial charge in [-0.05, 0) is 48.9 Å². The fourth-order valence-electron chi connectivity index (χ4n) is 1.39. The SMILES string of the molecule is Cc1ccnc(C(=S)Nc2ccc(Cl)cc2)c1. The molecule has 0 fully saturated rings. The van der Waals surface area contributed by atoms with Gasteiger partial charge in [0.15, 0.2) is 0 Å². The standard InChI is InChI=1S/C13H11ClN2S/c1-9-6-7-15-12(8-9)13(17)16-11-4-2-10(14)3-5-11/h2-8H,1H3,(H,16,17). The average molecular weight is 263 g/mol. The normalized spacial score (nSPS) is 10.0. The van der Waals surface area contributed by atoms with Gasteiger partial charge in [0.05, 0.1) is 5.69 Å². The molecule has 86 valence electrons. The van der Waals surface area contributed by atoms with E-state index in [4.69, 9.17) is 23.8 Å².